The highest BCUT2D eigenvalue weighted by Gasteiger charge is 2.12. The number of ether oxygens (including phenoxy) is 1. The third-order valence-corrected chi connectivity index (χ3v) is 4.34. The first kappa shape index (κ1) is 17.0. The lowest BCUT2D eigenvalue weighted by Crippen LogP contribution is -2.00. The Morgan fingerprint density at radius 1 is 1.18 bits per heavy atom. The summed E-state index contributed by atoms with van der Waals surface area (Å²) in [6.07, 6.45) is -0.0275. The number of carboxylic acid groups (broad SMARTS) is 1. The molecule has 0 saturated carbocycles. The molecule has 1 N–H and O–H groups in total. The van der Waals surface area contributed by atoms with E-state index in [1.54, 1.807) is 12.1 Å². The van der Waals surface area contributed by atoms with Crippen LogP contribution in [0.5, 0.6) is 11.5 Å². The summed E-state index contributed by atoms with van der Waals surface area (Å²) in [5.41, 5.74) is 1.90. The van der Waals surface area contributed by atoms with Gasteiger partial charge in [-0.2, -0.15) is 0 Å². The van der Waals surface area contributed by atoms with Crippen LogP contribution in [0.25, 0.3) is 0 Å². The van der Waals surface area contributed by atoms with Gasteiger partial charge in [0.15, 0.2) is 5.75 Å². The van der Waals surface area contributed by atoms with E-state index in [0.717, 1.165) is 5.75 Å². The summed E-state index contributed by atoms with van der Waals surface area (Å²) in [4.78, 5) is 10.8. The summed E-state index contributed by atoms with van der Waals surface area (Å²) < 4.78 is 7.38. The summed E-state index contributed by atoms with van der Waals surface area (Å²) >= 11 is 6.89. The minimum absolute atomic E-state index is 0.0275. The minimum Gasteiger partial charge on any atom is -0.481 e. The van der Waals surface area contributed by atoms with Gasteiger partial charge in [-0.1, -0.05) is 26.0 Å². The summed E-state index contributed by atoms with van der Waals surface area (Å²) in [7, 11) is 0. The number of benzene rings is 2. The Kier molecular flexibility index (Phi) is 5.64. The van der Waals surface area contributed by atoms with E-state index in [0.29, 0.717) is 26.2 Å². The van der Waals surface area contributed by atoms with Gasteiger partial charge >= 0.3 is 5.97 Å². The van der Waals surface area contributed by atoms with Gasteiger partial charge in [-0.25, -0.2) is 0 Å². The maximum Gasteiger partial charge on any atom is 0.307 e. The molecule has 0 aliphatic carbocycles. The molecule has 2 rings (SSSR count). The number of aliphatic carboxylic acids is 1. The zero-order valence-corrected chi connectivity index (χ0v) is 15.4. The number of carbonyl (C=O) groups is 1. The normalized spacial score (nSPS) is 10.8. The Labute approximate surface area is 146 Å². The monoisotopic (exact) mass is 426 g/mol. The molecule has 0 radical (unpaired) electrons. The fourth-order valence-corrected chi connectivity index (χ4v) is 3.48. The molecule has 0 saturated heterocycles. The molecule has 0 aliphatic heterocycles. The molecule has 0 aromatic heterocycles. The Morgan fingerprint density at radius 2 is 1.82 bits per heavy atom. The number of carboxylic acids is 1. The second kappa shape index (κ2) is 7.29. The molecule has 22 heavy (non-hydrogen) atoms. The Morgan fingerprint density at radius 3 is 2.36 bits per heavy atom. The number of hydrogen-bond acceptors (Lipinski definition) is 2. The lowest BCUT2D eigenvalue weighted by atomic mass is 10.0. The van der Waals surface area contributed by atoms with Gasteiger partial charge in [-0.3, -0.25) is 4.79 Å². The van der Waals surface area contributed by atoms with Crippen LogP contribution in [-0.4, -0.2) is 11.1 Å². The molecule has 0 amide bonds. The van der Waals surface area contributed by atoms with Crippen LogP contribution in [0.4, 0.5) is 0 Å². The zero-order chi connectivity index (χ0) is 16.3. The van der Waals surface area contributed by atoms with Gasteiger partial charge in [0.05, 0.1) is 15.4 Å². The molecule has 0 fully saturated rings. The van der Waals surface area contributed by atoms with Crippen LogP contribution >= 0.6 is 31.9 Å². The zero-order valence-electron chi connectivity index (χ0n) is 12.3. The highest BCUT2D eigenvalue weighted by atomic mass is 79.9. The first-order valence-electron chi connectivity index (χ1n) is 6.84. The Hall–Kier alpha value is -1.33. The molecule has 0 bridgehead atoms. The number of hydrogen-bond donors (Lipinski definition) is 1. The standard InChI is InChI=1S/C17H16Br2O3/c1-10(2)12-4-3-5-13(9-12)22-17-14(18)6-11(7-15(17)19)8-16(20)21/h3-7,9-10H,8H2,1-2H3,(H,20,21). The van der Waals surface area contributed by atoms with E-state index in [1.165, 1.54) is 5.56 Å². The molecule has 116 valence electrons. The molecule has 2 aromatic carbocycles. The van der Waals surface area contributed by atoms with Crippen LogP contribution in [0.3, 0.4) is 0 Å². The van der Waals surface area contributed by atoms with Gasteiger partial charge in [-0.15, -0.1) is 0 Å². The average molecular weight is 428 g/mol. The number of halogens is 2. The predicted molar refractivity (Wildman–Crippen MR) is 93.8 cm³/mol. The van der Waals surface area contributed by atoms with Crippen LogP contribution in [0, 0.1) is 0 Å². The lowest BCUT2D eigenvalue weighted by molar-refractivity contribution is -0.136. The van der Waals surface area contributed by atoms with Crippen molar-refractivity contribution in [2.75, 3.05) is 0 Å². The van der Waals surface area contributed by atoms with Crippen molar-refractivity contribution in [2.45, 2.75) is 26.2 Å². The molecule has 0 spiro atoms. The second-order valence-corrected chi connectivity index (χ2v) is 7.00. The first-order valence-corrected chi connectivity index (χ1v) is 8.43. The smallest absolute Gasteiger partial charge is 0.307 e. The summed E-state index contributed by atoms with van der Waals surface area (Å²) in [6, 6.07) is 11.5. The lowest BCUT2D eigenvalue weighted by Gasteiger charge is -2.13. The maximum atomic E-state index is 10.8. The third-order valence-electron chi connectivity index (χ3n) is 3.16. The highest BCUT2D eigenvalue weighted by Crippen LogP contribution is 2.38. The van der Waals surface area contributed by atoms with E-state index in [9.17, 15) is 4.79 Å². The van der Waals surface area contributed by atoms with Crippen LogP contribution < -0.4 is 4.74 Å². The molecule has 0 aliphatic rings. The van der Waals surface area contributed by atoms with Crippen molar-refractivity contribution in [3.8, 4) is 11.5 Å². The van der Waals surface area contributed by atoms with Gasteiger partial charge in [0, 0.05) is 0 Å². The van der Waals surface area contributed by atoms with Crippen LogP contribution in [0.15, 0.2) is 45.3 Å². The fraction of sp³-hybridized carbons (Fsp3) is 0.235. The highest BCUT2D eigenvalue weighted by molar-refractivity contribution is 9.11. The molecule has 0 atom stereocenters. The van der Waals surface area contributed by atoms with Crippen LogP contribution in [0.2, 0.25) is 0 Å². The molecule has 2 aromatic rings. The van der Waals surface area contributed by atoms with Crippen molar-refractivity contribution >= 4 is 37.8 Å². The van der Waals surface area contributed by atoms with Gasteiger partial charge in [0.2, 0.25) is 0 Å². The Bertz CT molecular complexity index is 673. The van der Waals surface area contributed by atoms with Crippen LogP contribution in [-0.2, 0) is 11.2 Å². The summed E-state index contributed by atoms with van der Waals surface area (Å²) in [6.45, 7) is 4.26. The van der Waals surface area contributed by atoms with Gasteiger partial charge in [0.25, 0.3) is 0 Å². The first-order chi connectivity index (χ1) is 10.4. The van der Waals surface area contributed by atoms with Crippen molar-refractivity contribution < 1.29 is 14.6 Å². The van der Waals surface area contributed by atoms with Crippen LogP contribution in [0.1, 0.15) is 30.9 Å². The van der Waals surface area contributed by atoms with E-state index < -0.39 is 5.97 Å². The largest absolute Gasteiger partial charge is 0.481 e. The molecule has 3 nitrogen and oxygen atoms in total. The van der Waals surface area contributed by atoms with E-state index in [2.05, 4.69) is 51.8 Å². The van der Waals surface area contributed by atoms with E-state index in [4.69, 9.17) is 9.84 Å². The van der Waals surface area contributed by atoms with E-state index >= 15 is 0 Å². The maximum absolute atomic E-state index is 10.8. The van der Waals surface area contributed by atoms with E-state index in [1.807, 2.05) is 18.2 Å². The minimum atomic E-state index is -0.864. The Balaban J connectivity index is 2.30. The van der Waals surface area contributed by atoms with Gasteiger partial charge in [-0.05, 0) is 73.2 Å². The van der Waals surface area contributed by atoms with Crippen molar-refractivity contribution in [3.05, 3.63) is 56.5 Å². The predicted octanol–water partition coefficient (Wildman–Crippen LogP) is 5.75. The van der Waals surface area contributed by atoms with Crippen molar-refractivity contribution in [1.82, 2.24) is 0 Å². The molecule has 5 heteroatoms. The summed E-state index contributed by atoms with van der Waals surface area (Å²) in [5, 5.41) is 8.87. The van der Waals surface area contributed by atoms with Crippen molar-refractivity contribution in [3.63, 3.8) is 0 Å². The van der Waals surface area contributed by atoms with Gasteiger partial charge < -0.3 is 9.84 Å². The topological polar surface area (TPSA) is 46.5 Å². The molecular weight excluding hydrogens is 412 g/mol. The van der Waals surface area contributed by atoms with Crippen molar-refractivity contribution in [2.24, 2.45) is 0 Å². The molecule has 0 heterocycles. The average Bonchev–Trinajstić information content (AvgIpc) is 2.42. The van der Waals surface area contributed by atoms with Crippen molar-refractivity contribution in [1.29, 1.82) is 0 Å². The summed E-state index contributed by atoms with van der Waals surface area (Å²) in [5.74, 6) is 0.944. The second-order valence-electron chi connectivity index (χ2n) is 5.29. The number of rotatable bonds is 5. The third kappa shape index (κ3) is 4.34. The quantitative estimate of drug-likeness (QED) is 0.660. The fourth-order valence-electron chi connectivity index (χ4n) is 2.04. The molecule has 0 unspecified atom stereocenters. The molecular formula is C17H16Br2O3. The van der Waals surface area contributed by atoms with Gasteiger partial charge in [0.1, 0.15) is 5.75 Å². The SMILES string of the molecule is CC(C)c1cccc(Oc2c(Br)cc(CC(=O)O)cc2Br)c1. The van der Waals surface area contributed by atoms with E-state index in [-0.39, 0.29) is 6.42 Å².